The third kappa shape index (κ3) is 3.42. The molecule has 1 fully saturated rings. The van der Waals surface area contributed by atoms with Crippen LogP contribution in [0.15, 0.2) is 18.2 Å². The average molecular weight is 296 g/mol. The monoisotopic (exact) mass is 295 g/mol. The Morgan fingerprint density at radius 3 is 3.05 bits per heavy atom. The first-order valence-corrected chi connectivity index (χ1v) is 6.99. The minimum atomic E-state index is -0.264. The molecule has 3 N–H and O–H groups in total. The number of likely N-dealkylation sites (tertiary alicyclic amines) is 1. The van der Waals surface area contributed by atoms with E-state index in [4.69, 9.17) is 17.3 Å². The van der Waals surface area contributed by atoms with Gasteiger partial charge < -0.3 is 16.0 Å². The first kappa shape index (κ1) is 14.7. The third-order valence-corrected chi connectivity index (χ3v) is 3.73. The van der Waals surface area contributed by atoms with Crippen LogP contribution in [0.2, 0.25) is 5.02 Å². The Hall–Kier alpha value is -1.75. The number of hydrogen-bond acceptors (Lipinski definition) is 3. The van der Waals surface area contributed by atoms with Crippen LogP contribution in [0.1, 0.15) is 19.8 Å². The normalized spacial score (nSPS) is 19.0. The highest BCUT2D eigenvalue weighted by Crippen LogP contribution is 2.24. The fourth-order valence-electron chi connectivity index (χ4n) is 2.29. The average Bonchev–Trinajstić information content (AvgIpc) is 2.39. The number of rotatable bonds is 3. The van der Waals surface area contributed by atoms with Crippen LogP contribution in [0.25, 0.3) is 0 Å². The zero-order valence-corrected chi connectivity index (χ0v) is 12.1. The van der Waals surface area contributed by atoms with Crippen molar-refractivity contribution < 1.29 is 9.59 Å². The molecule has 0 aliphatic carbocycles. The van der Waals surface area contributed by atoms with Crippen LogP contribution in [-0.2, 0) is 9.59 Å². The van der Waals surface area contributed by atoms with Gasteiger partial charge in [0.1, 0.15) is 0 Å². The highest BCUT2D eigenvalue weighted by molar-refractivity contribution is 6.33. The number of amides is 2. The fourth-order valence-corrected chi connectivity index (χ4v) is 2.46. The van der Waals surface area contributed by atoms with Crippen LogP contribution >= 0.6 is 11.6 Å². The summed E-state index contributed by atoms with van der Waals surface area (Å²) in [5.74, 6) is -0.238. The van der Waals surface area contributed by atoms with E-state index in [0.29, 0.717) is 22.9 Å². The summed E-state index contributed by atoms with van der Waals surface area (Å²) in [5, 5.41) is 3.11. The molecule has 0 aromatic heterocycles. The summed E-state index contributed by atoms with van der Waals surface area (Å²) in [6.07, 6.45) is 1.82. The Morgan fingerprint density at radius 2 is 2.30 bits per heavy atom. The van der Waals surface area contributed by atoms with Crippen LogP contribution in [0, 0.1) is 5.92 Å². The highest BCUT2D eigenvalue weighted by atomic mass is 35.5. The van der Waals surface area contributed by atoms with Gasteiger partial charge in [-0.3, -0.25) is 9.59 Å². The zero-order valence-electron chi connectivity index (χ0n) is 11.4. The smallest absolute Gasteiger partial charge is 0.244 e. The number of nitrogen functional groups attached to an aromatic ring is 1. The van der Waals surface area contributed by atoms with E-state index in [1.165, 1.54) is 0 Å². The largest absolute Gasteiger partial charge is 0.399 e. The molecular formula is C14H18ClN3O2. The van der Waals surface area contributed by atoms with Crippen molar-refractivity contribution in [3.05, 3.63) is 23.2 Å². The van der Waals surface area contributed by atoms with Gasteiger partial charge in [0.05, 0.1) is 17.3 Å². The van der Waals surface area contributed by atoms with E-state index in [1.807, 2.05) is 6.92 Å². The van der Waals surface area contributed by atoms with E-state index in [2.05, 4.69) is 5.32 Å². The predicted octanol–water partition coefficient (Wildman–Crippen LogP) is 2.12. The van der Waals surface area contributed by atoms with Crippen molar-refractivity contribution in [3.8, 4) is 0 Å². The number of carbonyl (C=O) groups is 2. The Bertz CT molecular complexity index is 533. The summed E-state index contributed by atoms with van der Waals surface area (Å²) >= 11 is 5.98. The van der Waals surface area contributed by atoms with Gasteiger partial charge in [0, 0.05) is 18.2 Å². The molecule has 1 atom stereocenters. The van der Waals surface area contributed by atoms with Crippen LogP contribution in [0.4, 0.5) is 11.4 Å². The summed E-state index contributed by atoms with van der Waals surface area (Å²) in [7, 11) is 0. The van der Waals surface area contributed by atoms with E-state index in [-0.39, 0.29) is 24.3 Å². The summed E-state index contributed by atoms with van der Waals surface area (Å²) in [4.78, 5) is 25.5. The van der Waals surface area contributed by atoms with Crippen molar-refractivity contribution in [1.82, 2.24) is 4.90 Å². The quantitative estimate of drug-likeness (QED) is 0.839. The molecule has 108 valence electrons. The standard InChI is InChI=1S/C14H18ClN3O2/c1-9-3-2-6-18(14(9)20)8-13(19)17-12-7-10(16)4-5-11(12)15/h4-5,7,9H,2-3,6,8,16H2,1H3,(H,17,19). The molecular weight excluding hydrogens is 278 g/mol. The Balaban J connectivity index is 1.98. The van der Waals surface area contributed by atoms with Crippen molar-refractivity contribution in [2.45, 2.75) is 19.8 Å². The van der Waals surface area contributed by atoms with Crippen molar-refractivity contribution in [3.63, 3.8) is 0 Å². The summed E-state index contributed by atoms with van der Waals surface area (Å²) in [6, 6.07) is 4.88. The number of piperidine rings is 1. The van der Waals surface area contributed by atoms with Crippen LogP contribution in [0.3, 0.4) is 0 Å². The number of halogens is 1. The van der Waals surface area contributed by atoms with E-state index < -0.39 is 0 Å². The van der Waals surface area contributed by atoms with Crippen LogP contribution in [-0.4, -0.2) is 29.8 Å². The molecule has 1 aromatic rings. The molecule has 1 aliphatic rings. The van der Waals surface area contributed by atoms with Gasteiger partial charge in [-0.2, -0.15) is 0 Å². The topological polar surface area (TPSA) is 75.4 Å². The number of benzene rings is 1. The second-order valence-electron chi connectivity index (χ2n) is 5.09. The molecule has 20 heavy (non-hydrogen) atoms. The Labute approximate surface area is 123 Å². The minimum absolute atomic E-state index is 0.00694. The second-order valence-corrected chi connectivity index (χ2v) is 5.50. The predicted molar refractivity (Wildman–Crippen MR) is 79.5 cm³/mol. The van der Waals surface area contributed by atoms with E-state index >= 15 is 0 Å². The molecule has 5 nitrogen and oxygen atoms in total. The van der Waals surface area contributed by atoms with Gasteiger partial charge in [-0.05, 0) is 31.0 Å². The van der Waals surface area contributed by atoms with Gasteiger partial charge in [-0.25, -0.2) is 0 Å². The number of nitrogens with zero attached hydrogens (tertiary/aromatic N) is 1. The van der Waals surface area contributed by atoms with E-state index in [0.717, 1.165) is 12.8 Å². The van der Waals surface area contributed by atoms with Gasteiger partial charge in [-0.15, -0.1) is 0 Å². The van der Waals surface area contributed by atoms with Gasteiger partial charge in [0.15, 0.2) is 0 Å². The lowest BCUT2D eigenvalue weighted by Gasteiger charge is -2.30. The Morgan fingerprint density at radius 1 is 1.55 bits per heavy atom. The van der Waals surface area contributed by atoms with Crippen molar-refractivity contribution >= 4 is 34.8 Å². The fraction of sp³-hybridized carbons (Fsp3) is 0.429. The number of nitrogens with one attached hydrogen (secondary N) is 1. The number of hydrogen-bond donors (Lipinski definition) is 2. The minimum Gasteiger partial charge on any atom is -0.399 e. The maximum Gasteiger partial charge on any atom is 0.244 e. The number of anilines is 2. The molecule has 0 bridgehead atoms. The molecule has 1 unspecified atom stereocenters. The highest BCUT2D eigenvalue weighted by Gasteiger charge is 2.26. The molecule has 1 saturated heterocycles. The molecule has 0 saturated carbocycles. The van der Waals surface area contributed by atoms with Crippen molar-refractivity contribution in [2.24, 2.45) is 5.92 Å². The van der Waals surface area contributed by atoms with Crippen molar-refractivity contribution in [1.29, 1.82) is 0 Å². The third-order valence-electron chi connectivity index (χ3n) is 3.40. The second kappa shape index (κ2) is 6.13. The van der Waals surface area contributed by atoms with Gasteiger partial charge in [0.2, 0.25) is 11.8 Å². The molecule has 2 amide bonds. The lowest BCUT2D eigenvalue weighted by molar-refractivity contribution is -0.140. The van der Waals surface area contributed by atoms with Gasteiger partial charge in [0.25, 0.3) is 0 Å². The first-order chi connectivity index (χ1) is 9.47. The SMILES string of the molecule is CC1CCCN(CC(=O)Nc2cc(N)ccc2Cl)C1=O. The zero-order chi connectivity index (χ0) is 14.7. The molecule has 0 spiro atoms. The summed E-state index contributed by atoms with van der Waals surface area (Å²) < 4.78 is 0. The molecule has 1 aliphatic heterocycles. The van der Waals surface area contributed by atoms with E-state index in [9.17, 15) is 9.59 Å². The van der Waals surface area contributed by atoms with Crippen molar-refractivity contribution in [2.75, 3.05) is 24.1 Å². The molecule has 6 heteroatoms. The lowest BCUT2D eigenvalue weighted by atomic mass is 9.99. The number of nitrogens with two attached hydrogens (primary N) is 1. The maximum absolute atomic E-state index is 12.0. The van der Waals surface area contributed by atoms with Gasteiger partial charge >= 0.3 is 0 Å². The van der Waals surface area contributed by atoms with Crippen LogP contribution in [0.5, 0.6) is 0 Å². The summed E-state index contributed by atoms with van der Waals surface area (Å²) in [5.41, 5.74) is 6.64. The lowest BCUT2D eigenvalue weighted by Crippen LogP contribution is -2.44. The molecule has 1 heterocycles. The molecule has 2 rings (SSSR count). The summed E-state index contributed by atoms with van der Waals surface area (Å²) in [6.45, 7) is 2.57. The Kier molecular flexibility index (Phi) is 4.49. The number of carbonyl (C=O) groups excluding carboxylic acids is 2. The molecule has 1 aromatic carbocycles. The maximum atomic E-state index is 12.0. The van der Waals surface area contributed by atoms with Gasteiger partial charge in [-0.1, -0.05) is 18.5 Å². The van der Waals surface area contributed by atoms with Crippen LogP contribution < -0.4 is 11.1 Å². The van der Waals surface area contributed by atoms with E-state index in [1.54, 1.807) is 23.1 Å². The molecule has 0 radical (unpaired) electrons. The first-order valence-electron chi connectivity index (χ1n) is 6.61.